The van der Waals surface area contributed by atoms with Crippen molar-refractivity contribution < 1.29 is 21.6 Å². The van der Waals surface area contributed by atoms with Crippen molar-refractivity contribution in [2.75, 3.05) is 0 Å². The van der Waals surface area contributed by atoms with Gasteiger partial charge in [0.2, 0.25) is 10.0 Å². The minimum atomic E-state index is -4.71. The zero-order chi connectivity index (χ0) is 24.0. The number of nitrogens with zero attached hydrogens (tertiary/aromatic N) is 4. The van der Waals surface area contributed by atoms with Crippen molar-refractivity contribution in [3.63, 3.8) is 0 Å². The number of hydrogen-bond donors (Lipinski definition) is 1. The second kappa shape index (κ2) is 8.18. The van der Waals surface area contributed by atoms with E-state index < -0.39 is 22.2 Å². The maximum absolute atomic E-state index is 12.8. The van der Waals surface area contributed by atoms with Gasteiger partial charge in [-0.3, -0.25) is 0 Å². The predicted octanol–water partition coefficient (Wildman–Crippen LogP) is 4.40. The van der Waals surface area contributed by atoms with Crippen molar-refractivity contribution in [3.05, 3.63) is 47.7 Å². The molecule has 1 aliphatic rings. The smallest absolute Gasteiger partial charge is 0.321 e. The van der Waals surface area contributed by atoms with Gasteiger partial charge >= 0.3 is 6.18 Å². The summed E-state index contributed by atoms with van der Waals surface area (Å²) in [4.78, 5) is 4.08. The van der Waals surface area contributed by atoms with Gasteiger partial charge in [-0.25, -0.2) is 13.4 Å². The first-order valence-corrected chi connectivity index (χ1v) is 11.6. The average molecular weight is 473 g/mol. The molecule has 0 bridgehead atoms. The molecule has 0 radical (unpaired) electrons. The summed E-state index contributed by atoms with van der Waals surface area (Å²) in [5.74, 6) is 0. The summed E-state index contributed by atoms with van der Waals surface area (Å²) < 4.78 is 66.7. The molecule has 0 spiro atoms. The number of nitrogens with one attached hydrogen (secondary N) is 1. The molecule has 0 unspecified atom stereocenters. The van der Waals surface area contributed by atoms with Crippen LogP contribution in [0, 0.1) is 22.7 Å². The molecule has 0 amide bonds. The second-order valence-electron chi connectivity index (χ2n) is 7.91. The predicted molar refractivity (Wildman–Crippen MR) is 113 cm³/mol. The van der Waals surface area contributed by atoms with E-state index in [0.717, 1.165) is 26.2 Å². The lowest BCUT2D eigenvalue weighted by molar-refractivity contribution is -0.147. The molecule has 0 aliphatic heterocycles. The minimum Gasteiger partial charge on any atom is -0.321 e. The molecule has 2 heterocycles. The molecule has 0 saturated heterocycles. The lowest BCUT2D eigenvalue weighted by Gasteiger charge is -2.29. The van der Waals surface area contributed by atoms with E-state index in [0.29, 0.717) is 33.4 Å². The largest absolute Gasteiger partial charge is 0.404 e. The van der Waals surface area contributed by atoms with E-state index in [-0.39, 0.29) is 10.9 Å². The average Bonchev–Trinajstić information content (AvgIpc) is 3.04. The first-order chi connectivity index (χ1) is 15.6. The molecule has 170 valence electrons. The normalized spacial score (nSPS) is 15.6. The molecule has 1 N–H and O–H groups in total. The second-order valence-corrected chi connectivity index (χ2v) is 9.62. The van der Waals surface area contributed by atoms with E-state index in [1.165, 1.54) is 30.5 Å². The van der Waals surface area contributed by atoms with Gasteiger partial charge in [0.25, 0.3) is 0 Å². The molecule has 1 aromatic carbocycles. The zero-order valence-electron chi connectivity index (χ0n) is 17.4. The zero-order valence-corrected chi connectivity index (χ0v) is 18.2. The number of aromatic nitrogens is 2. The first-order valence-electron chi connectivity index (χ1n) is 10.1. The third kappa shape index (κ3) is 4.06. The first kappa shape index (κ1) is 22.8. The van der Waals surface area contributed by atoms with Crippen molar-refractivity contribution in [1.29, 1.82) is 10.5 Å². The van der Waals surface area contributed by atoms with Crippen molar-refractivity contribution in [2.45, 2.75) is 49.3 Å². The molecule has 33 heavy (non-hydrogen) atoms. The number of nitriles is 2. The number of sulfonamides is 1. The molecule has 4 rings (SSSR count). The quantitative estimate of drug-likeness (QED) is 0.590. The number of benzene rings is 1. The molecule has 2 aromatic heterocycles. The molecule has 1 saturated carbocycles. The maximum Gasteiger partial charge on any atom is 0.404 e. The van der Waals surface area contributed by atoms with Gasteiger partial charge in [0, 0.05) is 17.6 Å². The van der Waals surface area contributed by atoms with Crippen LogP contribution in [0.2, 0.25) is 0 Å². The monoisotopic (exact) mass is 473 g/mol. The summed E-state index contributed by atoms with van der Waals surface area (Å²) in [5, 5.41) is 19.7. The van der Waals surface area contributed by atoms with Crippen LogP contribution in [0.4, 0.5) is 13.2 Å². The van der Waals surface area contributed by atoms with Gasteiger partial charge in [-0.1, -0.05) is 12.1 Å². The highest BCUT2D eigenvalue weighted by Crippen LogP contribution is 2.42. The number of hydrogen-bond acceptors (Lipinski definition) is 5. The topological polar surface area (TPSA) is 112 Å². The number of rotatable bonds is 5. The molecular formula is C22H18F3N5O2S. The fourth-order valence-corrected chi connectivity index (χ4v) is 5.03. The van der Waals surface area contributed by atoms with Crippen LogP contribution in [0.1, 0.15) is 43.4 Å². The Balaban J connectivity index is 1.81. The molecule has 1 aliphatic carbocycles. The van der Waals surface area contributed by atoms with Crippen LogP contribution in [0.25, 0.3) is 22.3 Å². The van der Waals surface area contributed by atoms with Crippen molar-refractivity contribution in [2.24, 2.45) is 0 Å². The lowest BCUT2D eigenvalue weighted by Crippen LogP contribution is -2.42. The van der Waals surface area contributed by atoms with E-state index in [1.807, 2.05) is 10.6 Å². The Kier molecular flexibility index (Phi) is 5.64. The molecule has 7 nitrogen and oxygen atoms in total. The van der Waals surface area contributed by atoms with Gasteiger partial charge in [-0.05, 0) is 49.9 Å². The molecular weight excluding hydrogens is 455 g/mol. The SMILES string of the molecule is C[C@H](NS(=O)(=O)c1ccc(-c2c(C#N)c3cc(C#N)cnc3n2C2CCC2)cc1)C(F)(F)F. The summed E-state index contributed by atoms with van der Waals surface area (Å²) >= 11 is 0. The van der Waals surface area contributed by atoms with Crippen molar-refractivity contribution in [3.8, 4) is 23.4 Å². The lowest BCUT2D eigenvalue weighted by atomic mass is 9.92. The summed E-state index contributed by atoms with van der Waals surface area (Å²) in [5.41, 5.74) is 2.24. The van der Waals surface area contributed by atoms with Crippen LogP contribution >= 0.6 is 0 Å². The fourth-order valence-electron chi connectivity index (χ4n) is 3.81. The van der Waals surface area contributed by atoms with Crippen LogP contribution in [-0.2, 0) is 10.0 Å². The Labute approximate surface area is 188 Å². The van der Waals surface area contributed by atoms with Crippen molar-refractivity contribution >= 4 is 21.1 Å². The van der Waals surface area contributed by atoms with Crippen LogP contribution in [0.5, 0.6) is 0 Å². The molecule has 11 heteroatoms. The highest BCUT2D eigenvalue weighted by atomic mass is 32.2. The van der Waals surface area contributed by atoms with E-state index in [1.54, 1.807) is 10.8 Å². The number of fused-ring (bicyclic) bond motifs is 1. The standard InChI is InChI=1S/C22H18F3N5O2S/c1-13(22(23,24)25)29-33(31,32)17-7-5-15(6-8-17)20-19(11-27)18-9-14(10-26)12-28-21(18)30(20)16-3-2-4-16/h5-9,12-13,16,29H,2-4H2,1H3/t13-/m0/s1. The molecule has 3 aromatic rings. The fraction of sp³-hybridized carbons (Fsp3) is 0.318. The molecule has 1 atom stereocenters. The highest BCUT2D eigenvalue weighted by Gasteiger charge is 2.39. The third-order valence-electron chi connectivity index (χ3n) is 5.78. The van der Waals surface area contributed by atoms with Gasteiger partial charge in [0.05, 0.1) is 21.7 Å². The third-order valence-corrected chi connectivity index (χ3v) is 7.34. The van der Waals surface area contributed by atoms with Crippen LogP contribution in [0.15, 0.2) is 41.4 Å². The number of halogens is 3. The van der Waals surface area contributed by atoms with Gasteiger partial charge < -0.3 is 4.57 Å². The minimum absolute atomic E-state index is 0.0998. The van der Waals surface area contributed by atoms with Crippen LogP contribution in [0.3, 0.4) is 0 Å². The van der Waals surface area contributed by atoms with Gasteiger partial charge in [-0.2, -0.15) is 28.4 Å². The number of alkyl halides is 3. The Bertz CT molecular complexity index is 1410. The highest BCUT2D eigenvalue weighted by molar-refractivity contribution is 7.89. The van der Waals surface area contributed by atoms with Crippen LogP contribution in [-0.4, -0.2) is 30.2 Å². The van der Waals surface area contributed by atoms with Crippen molar-refractivity contribution in [1.82, 2.24) is 14.3 Å². The number of pyridine rings is 1. The van der Waals surface area contributed by atoms with Crippen LogP contribution < -0.4 is 4.72 Å². The Hall–Kier alpha value is -3.41. The van der Waals surface area contributed by atoms with E-state index in [2.05, 4.69) is 11.1 Å². The summed E-state index contributed by atoms with van der Waals surface area (Å²) in [6.45, 7) is 0.727. The van der Waals surface area contributed by atoms with E-state index in [9.17, 15) is 32.1 Å². The van der Waals surface area contributed by atoms with E-state index in [4.69, 9.17) is 0 Å². The Morgan fingerprint density at radius 3 is 2.36 bits per heavy atom. The summed E-state index contributed by atoms with van der Waals surface area (Å²) in [6.07, 6.45) is -0.494. The molecule has 1 fully saturated rings. The summed E-state index contributed by atoms with van der Waals surface area (Å²) in [6, 6.07) is 8.98. The Morgan fingerprint density at radius 2 is 1.85 bits per heavy atom. The van der Waals surface area contributed by atoms with Gasteiger partial charge in [-0.15, -0.1) is 0 Å². The Morgan fingerprint density at radius 1 is 1.18 bits per heavy atom. The van der Waals surface area contributed by atoms with Gasteiger partial charge in [0.15, 0.2) is 0 Å². The van der Waals surface area contributed by atoms with E-state index >= 15 is 0 Å². The maximum atomic E-state index is 12.8. The summed E-state index contributed by atoms with van der Waals surface area (Å²) in [7, 11) is -4.40. The van der Waals surface area contributed by atoms with Gasteiger partial charge in [0.1, 0.15) is 23.8 Å².